The van der Waals surface area contributed by atoms with Gasteiger partial charge in [0.15, 0.2) is 23.3 Å². The van der Waals surface area contributed by atoms with Crippen molar-refractivity contribution in [3.8, 4) is 0 Å². The molecule has 0 spiro atoms. The summed E-state index contributed by atoms with van der Waals surface area (Å²) in [4.78, 5) is 0. The minimum Gasteiger partial charge on any atom is -0.380 e. The van der Waals surface area contributed by atoms with Gasteiger partial charge in [0.05, 0.1) is 13.2 Å². The van der Waals surface area contributed by atoms with Crippen molar-refractivity contribution >= 4 is 0 Å². The Morgan fingerprint density at radius 3 is 1.33 bits per heavy atom. The summed E-state index contributed by atoms with van der Waals surface area (Å²) in [6, 6.07) is 7.79. The topological polar surface area (TPSA) is 9.23 Å². The first kappa shape index (κ1) is 21.4. The maximum atomic E-state index is 13.6. The Hall–Kier alpha value is -1.88. The Morgan fingerprint density at radius 2 is 1.04 bits per heavy atom. The molecule has 2 atom stereocenters. The fourth-order valence-corrected chi connectivity index (χ4v) is 3.02. The quantitative estimate of drug-likeness (QED) is 0.487. The largest absolute Gasteiger partial charge is 0.380 e. The smallest absolute Gasteiger partial charge is 0.159 e. The van der Waals surface area contributed by atoms with Gasteiger partial charge in [0.1, 0.15) is 0 Å². The average molecular weight is 382 g/mol. The molecule has 5 heteroatoms. The van der Waals surface area contributed by atoms with E-state index in [-0.39, 0.29) is 0 Å². The van der Waals surface area contributed by atoms with E-state index >= 15 is 0 Å². The molecule has 0 radical (unpaired) electrons. The summed E-state index contributed by atoms with van der Waals surface area (Å²) in [5, 5.41) is 0. The minimum absolute atomic E-state index is 0.299. The molecule has 0 bridgehead atoms. The van der Waals surface area contributed by atoms with Crippen molar-refractivity contribution in [2.75, 3.05) is 13.2 Å². The van der Waals surface area contributed by atoms with Crippen molar-refractivity contribution in [3.63, 3.8) is 0 Å². The van der Waals surface area contributed by atoms with Gasteiger partial charge in [-0.05, 0) is 48.2 Å². The number of ether oxygens (including phenoxy) is 1. The molecule has 0 fully saturated rings. The predicted molar refractivity (Wildman–Crippen MR) is 98.8 cm³/mol. The fraction of sp³-hybridized carbons (Fsp3) is 0.455. The van der Waals surface area contributed by atoms with E-state index in [9.17, 15) is 17.6 Å². The van der Waals surface area contributed by atoms with Crippen molar-refractivity contribution in [1.82, 2.24) is 0 Å². The Balaban J connectivity index is 2.14. The second kappa shape index (κ2) is 8.42. The Bertz CT molecular complexity index is 726. The molecule has 0 N–H and O–H groups in total. The number of rotatable bonds is 8. The van der Waals surface area contributed by atoms with Gasteiger partial charge in [-0.2, -0.15) is 0 Å². The van der Waals surface area contributed by atoms with E-state index in [4.69, 9.17) is 4.74 Å². The van der Waals surface area contributed by atoms with Gasteiger partial charge in [0.25, 0.3) is 0 Å². The Kier molecular flexibility index (Phi) is 6.68. The summed E-state index contributed by atoms with van der Waals surface area (Å²) in [6.07, 6.45) is 1.35. The van der Waals surface area contributed by atoms with Crippen molar-refractivity contribution in [3.05, 3.63) is 70.8 Å². The summed E-state index contributed by atoms with van der Waals surface area (Å²) >= 11 is 0. The molecule has 0 heterocycles. The van der Waals surface area contributed by atoms with Gasteiger partial charge in [0, 0.05) is 10.8 Å². The molecule has 0 saturated heterocycles. The van der Waals surface area contributed by atoms with Gasteiger partial charge < -0.3 is 4.74 Å². The first-order valence-corrected chi connectivity index (χ1v) is 9.14. The SMILES string of the molecule is CCC(C)(COCC(C)(CC)c1ccc(F)c(F)c1)c1ccc(F)c(F)c1. The highest BCUT2D eigenvalue weighted by Crippen LogP contribution is 2.32. The molecule has 0 aliphatic rings. The number of benzene rings is 2. The summed E-state index contributed by atoms with van der Waals surface area (Å²) in [7, 11) is 0. The molecule has 2 rings (SSSR count). The van der Waals surface area contributed by atoms with Crippen LogP contribution in [0.5, 0.6) is 0 Å². The highest BCUT2D eigenvalue weighted by atomic mass is 19.2. The molecule has 0 amide bonds. The third-order valence-corrected chi connectivity index (χ3v) is 5.63. The van der Waals surface area contributed by atoms with Gasteiger partial charge in [-0.3, -0.25) is 0 Å². The van der Waals surface area contributed by atoms with Crippen LogP contribution in [0.2, 0.25) is 0 Å². The molecular weight excluding hydrogens is 356 g/mol. The van der Waals surface area contributed by atoms with Crippen molar-refractivity contribution in [2.24, 2.45) is 0 Å². The number of hydrogen-bond acceptors (Lipinski definition) is 1. The molecule has 0 aromatic heterocycles. The highest BCUT2D eigenvalue weighted by Gasteiger charge is 2.30. The fourth-order valence-electron chi connectivity index (χ4n) is 3.02. The van der Waals surface area contributed by atoms with E-state index in [1.165, 1.54) is 12.1 Å². The molecule has 0 aliphatic carbocycles. The van der Waals surface area contributed by atoms with Crippen LogP contribution in [0.3, 0.4) is 0 Å². The maximum absolute atomic E-state index is 13.6. The number of halogens is 4. The van der Waals surface area contributed by atoms with Crippen LogP contribution in [0, 0.1) is 23.3 Å². The normalized spacial score (nSPS) is 16.0. The van der Waals surface area contributed by atoms with Gasteiger partial charge in [-0.15, -0.1) is 0 Å². The molecule has 148 valence electrons. The standard InChI is InChI=1S/C22H26F4O/c1-5-21(3,15-7-9-17(23)19(25)11-15)13-27-14-22(4,6-2)16-8-10-18(24)20(26)12-16/h7-12H,5-6,13-14H2,1-4H3. The zero-order valence-corrected chi connectivity index (χ0v) is 16.2. The van der Waals surface area contributed by atoms with Crippen molar-refractivity contribution in [1.29, 1.82) is 0 Å². The first-order chi connectivity index (χ1) is 12.6. The van der Waals surface area contributed by atoms with E-state index in [2.05, 4.69) is 0 Å². The Morgan fingerprint density at radius 1 is 0.667 bits per heavy atom. The van der Waals surface area contributed by atoms with Crippen LogP contribution in [-0.4, -0.2) is 13.2 Å². The maximum Gasteiger partial charge on any atom is 0.159 e. The van der Waals surface area contributed by atoms with E-state index in [0.717, 1.165) is 12.1 Å². The lowest BCUT2D eigenvalue weighted by atomic mass is 9.79. The summed E-state index contributed by atoms with van der Waals surface area (Å²) in [5.41, 5.74) is 0.346. The lowest BCUT2D eigenvalue weighted by molar-refractivity contribution is 0.0508. The summed E-state index contributed by atoms with van der Waals surface area (Å²) in [6.45, 7) is 8.38. The highest BCUT2D eigenvalue weighted by molar-refractivity contribution is 5.27. The van der Waals surface area contributed by atoms with E-state index in [1.807, 2.05) is 27.7 Å². The number of hydrogen-bond donors (Lipinski definition) is 0. The predicted octanol–water partition coefficient (Wildman–Crippen LogP) is 6.30. The molecule has 1 nitrogen and oxygen atoms in total. The van der Waals surface area contributed by atoms with Gasteiger partial charge >= 0.3 is 0 Å². The van der Waals surface area contributed by atoms with Crippen LogP contribution < -0.4 is 0 Å². The first-order valence-electron chi connectivity index (χ1n) is 9.14. The molecule has 2 aromatic carbocycles. The average Bonchev–Trinajstić information content (AvgIpc) is 2.65. The van der Waals surface area contributed by atoms with Crippen LogP contribution in [0.25, 0.3) is 0 Å². The molecule has 0 aliphatic heterocycles. The Labute approximate surface area is 158 Å². The molecule has 27 heavy (non-hydrogen) atoms. The van der Waals surface area contributed by atoms with Crippen molar-refractivity contribution < 1.29 is 22.3 Å². The van der Waals surface area contributed by atoms with Gasteiger partial charge in [0.2, 0.25) is 0 Å². The zero-order chi connectivity index (χ0) is 20.2. The lowest BCUT2D eigenvalue weighted by Gasteiger charge is -2.33. The third kappa shape index (κ3) is 4.70. The second-order valence-corrected chi connectivity index (χ2v) is 7.58. The van der Waals surface area contributed by atoms with Crippen LogP contribution in [0.15, 0.2) is 36.4 Å². The van der Waals surface area contributed by atoms with Crippen LogP contribution >= 0.6 is 0 Å². The summed E-state index contributed by atoms with van der Waals surface area (Å²) < 4.78 is 59.7. The van der Waals surface area contributed by atoms with Crippen molar-refractivity contribution in [2.45, 2.75) is 51.4 Å². The molecule has 2 unspecified atom stereocenters. The molecular formula is C22H26F4O. The monoisotopic (exact) mass is 382 g/mol. The van der Waals surface area contributed by atoms with Gasteiger partial charge in [-0.25, -0.2) is 17.6 Å². The lowest BCUT2D eigenvalue weighted by Crippen LogP contribution is -2.33. The van der Waals surface area contributed by atoms with Crippen LogP contribution in [0.1, 0.15) is 51.7 Å². The second-order valence-electron chi connectivity index (χ2n) is 7.58. The third-order valence-electron chi connectivity index (χ3n) is 5.63. The molecule has 2 aromatic rings. The van der Waals surface area contributed by atoms with Gasteiger partial charge in [-0.1, -0.05) is 39.8 Å². The molecule has 0 saturated carbocycles. The van der Waals surface area contributed by atoms with Crippen LogP contribution in [0.4, 0.5) is 17.6 Å². The van der Waals surface area contributed by atoms with E-state index < -0.39 is 34.1 Å². The summed E-state index contributed by atoms with van der Waals surface area (Å²) in [5.74, 6) is -3.52. The minimum atomic E-state index is -0.882. The van der Waals surface area contributed by atoms with Crippen LogP contribution in [-0.2, 0) is 15.6 Å². The van der Waals surface area contributed by atoms with E-state index in [1.54, 1.807) is 12.1 Å². The van der Waals surface area contributed by atoms with E-state index in [0.29, 0.717) is 37.2 Å². The zero-order valence-electron chi connectivity index (χ0n) is 16.2.